The number of carbonyl (C=O) groups excluding carboxylic acids is 1. The van der Waals surface area contributed by atoms with Crippen molar-refractivity contribution in [3.63, 3.8) is 0 Å². The summed E-state index contributed by atoms with van der Waals surface area (Å²) in [6.45, 7) is 11.7. The summed E-state index contributed by atoms with van der Waals surface area (Å²) in [6, 6.07) is 11.7. The first-order chi connectivity index (χ1) is 16.1. The maximum Gasteiger partial charge on any atom is 0.260 e. The fraction of sp³-hybridized carbons (Fsp3) is 0.462. The molecule has 176 valence electrons. The van der Waals surface area contributed by atoms with Crippen LogP contribution in [0.15, 0.2) is 36.4 Å². The molecule has 6 nitrogen and oxygen atoms in total. The number of nitrogens with zero attached hydrogens (tertiary/aromatic N) is 3. The van der Waals surface area contributed by atoms with Crippen LogP contribution in [0.1, 0.15) is 41.3 Å². The Morgan fingerprint density at radius 1 is 1.15 bits per heavy atom. The number of rotatable bonds is 9. The Kier molecular flexibility index (Phi) is 7.96. The van der Waals surface area contributed by atoms with E-state index in [1.54, 1.807) is 11.3 Å². The highest BCUT2D eigenvalue weighted by atomic mass is 32.1. The molecular weight excluding hydrogens is 434 g/mol. The molecule has 0 saturated carbocycles. The number of thiazole rings is 1. The Balaban J connectivity index is 1.58. The summed E-state index contributed by atoms with van der Waals surface area (Å²) in [5, 5.41) is 0.750. The number of anilines is 1. The molecule has 0 unspecified atom stereocenters. The average molecular weight is 468 g/mol. The molecule has 0 bridgehead atoms. The van der Waals surface area contributed by atoms with Crippen molar-refractivity contribution in [1.29, 1.82) is 0 Å². The smallest absolute Gasteiger partial charge is 0.260 e. The second-order valence-electron chi connectivity index (χ2n) is 8.49. The van der Waals surface area contributed by atoms with Crippen LogP contribution in [0.5, 0.6) is 5.75 Å². The van der Waals surface area contributed by atoms with Gasteiger partial charge in [-0.3, -0.25) is 14.6 Å². The van der Waals surface area contributed by atoms with Crippen LogP contribution < -0.4 is 9.64 Å². The van der Waals surface area contributed by atoms with E-state index in [4.69, 9.17) is 14.5 Å². The summed E-state index contributed by atoms with van der Waals surface area (Å²) in [4.78, 5) is 22.7. The van der Waals surface area contributed by atoms with Crippen molar-refractivity contribution < 1.29 is 14.3 Å². The van der Waals surface area contributed by atoms with Gasteiger partial charge in [0.25, 0.3) is 5.91 Å². The lowest BCUT2D eigenvalue weighted by Crippen LogP contribution is -2.43. The minimum atomic E-state index is -0.0307. The second kappa shape index (κ2) is 11.1. The molecule has 0 atom stereocenters. The highest BCUT2D eigenvalue weighted by Crippen LogP contribution is 2.32. The maximum atomic E-state index is 13.6. The number of morpholine rings is 1. The molecule has 1 amide bonds. The van der Waals surface area contributed by atoms with Crippen LogP contribution in [0, 0.1) is 13.8 Å². The third kappa shape index (κ3) is 5.72. The Bertz CT molecular complexity index is 1070. The highest BCUT2D eigenvalue weighted by Gasteiger charge is 2.23. The number of benzene rings is 2. The first kappa shape index (κ1) is 23.7. The van der Waals surface area contributed by atoms with E-state index >= 15 is 0 Å². The lowest BCUT2D eigenvalue weighted by atomic mass is 10.1. The first-order valence-corrected chi connectivity index (χ1v) is 12.6. The number of aromatic nitrogens is 1. The summed E-state index contributed by atoms with van der Waals surface area (Å²) in [5.41, 5.74) is 4.01. The number of unbranched alkanes of at least 4 members (excludes halogenated alkanes) is 1. The van der Waals surface area contributed by atoms with Crippen LogP contribution in [0.4, 0.5) is 5.13 Å². The zero-order valence-electron chi connectivity index (χ0n) is 19.8. The maximum absolute atomic E-state index is 13.6. The lowest BCUT2D eigenvalue weighted by molar-refractivity contribution is 0.0391. The number of hydrogen-bond acceptors (Lipinski definition) is 6. The molecule has 0 spiro atoms. The van der Waals surface area contributed by atoms with Crippen molar-refractivity contribution in [3.8, 4) is 5.75 Å². The Morgan fingerprint density at radius 3 is 2.64 bits per heavy atom. The van der Waals surface area contributed by atoms with Gasteiger partial charge in [-0.05, 0) is 61.7 Å². The highest BCUT2D eigenvalue weighted by molar-refractivity contribution is 7.22. The molecular formula is C26H33N3O3S. The normalized spacial score (nSPS) is 14.5. The standard InChI is InChI=1S/C26H33N3O3S/c1-4-5-16-32-22-9-7-21(8-10-22)25(30)29(13-12-28-14-17-31-18-15-28)26-27-24-20(3)19(2)6-11-23(24)33-26/h6-11H,4-5,12-18H2,1-3H3. The SMILES string of the molecule is CCCCOc1ccc(C(=O)N(CCN2CCOCC2)c2nc3c(C)c(C)ccc3s2)cc1. The summed E-state index contributed by atoms with van der Waals surface area (Å²) in [6.07, 6.45) is 2.11. The van der Waals surface area contributed by atoms with Gasteiger partial charge in [-0.25, -0.2) is 4.98 Å². The third-order valence-corrected chi connectivity index (χ3v) is 7.20. The van der Waals surface area contributed by atoms with Crippen LogP contribution >= 0.6 is 11.3 Å². The third-order valence-electron chi connectivity index (χ3n) is 6.16. The van der Waals surface area contributed by atoms with Gasteiger partial charge < -0.3 is 9.47 Å². The van der Waals surface area contributed by atoms with Gasteiger partial charge in [0.15, 0.2) is 5.13 Å². The molecule has 1 fully saturated rings. The minimum Gasteiger partial charge on any atom is -0.494 e. The van der Waals surface area contributed by atoms with E-state index in [2.05, 4.69) is 37.8 Å². The molecule has 2 heterocycles. The average Bonchev–Trinajstić information content (AvgIpc) is 3.27. The summed E-state index contributed by atoms with van der Waals surface area (Å²) in [5.74, 6) is 0.766. The Hall–Kier alpha value is -2.48. The predicted molar refractivity (Wildman–Crippen MR) is 135 cm³/mol. The van der Waals surface area contributed by atoms with Crippen LogP contribution in [0.25, 0.3) is 10.2 Å². The van der Waals surface area contributed by atoms with Gasteiger partial charge in [0, 0.05) is 31.7 Å². The van der Waals surface area contributed by atoms with Crippen LogP contribution in [-0.2, 0) is 4.74 Å². The molecule has 1 saturated heterocycles. The van der Waals surface area contributed by atoms with E-state index in [0.717, 1.165) is 66.8 Å². The van der Waals surface area contributed by atoms with E-state index in [0.29, 0.717) is 18.7 Å². The van der Waals surface area contributed by atoms with Crippen molar-refractivity contribution in [2.45, 2.75) is 33.6 Å². The summed E-state index contributed by atoms with van der Waals surface area (Å²) in [7, 11) is 0. The number of hydrogen-bond donors (Lipinski definition) is 0. The summed E-state index contributed by atoms with van der Waals surface area (Å²) >= 11 is 1.58. The lowest BCUT2D eigenvalue weighted by Gasteiger charge is -2.29. The molecule has 1 aliphatic heterocycles. The number of carbonyl (C=O) groups is 1. The van der Waals surface area contributed by atoms with Gasteiger partial charge in [-0.2, -0.15) is 0 Å². The first-order valence-electron chi connectivity index (χ1n) is 11.8. The van der Waals surface area contributed by atoms with Crippen molar-refractivity contribution in [3.05, 3.63) is 53.1 Å². The molecule has 0 N–H and O–H groups in total. The zero-order valence-corrected chi connectivity index (χ0v) is 20.6. The van der Waals surface area contributed by atoms with Crippen molar-refractivity contribution in [1.82, 2.24) is 9.88 Å². The molecule has 0 aliphatic carbocycles. The second-order valence-corrected chi connectivity index (χ2v) is 9.50. The van der Waals surface area contributed by atoms with Crippen LogP contribution in [0.3, 0.4) is 0 Å². The monoisotopic (exact) mass is 467 g/mol. The van der Waals surface area contributed by atoms with Gasteiger partial charge in [0.1, 0.15) is 5.75 Å². The zero-order chi connectivity index (χ0) is 23.2. The van der Waals surface area contributed by atoms with Crippen molar-refractivity contribution in [2.75, 3.05) is 50.9 Å². The van der Waals surface area contributed by atoms with Crippen molar-refractivity contribution >= 4 is 32.6 Å². The van der Waals surface area contributed by atoms with Gasteiger partial charge in [-0.1, -0.05) is 30.7 Å². The number of ether oxygens (including phenoxy) is 2. The fourth-order valence-corrected chi connectivity index (χ4v) is 4.91. The largest absolute Gasteiger partial charge is 0.494 e. The molecule has 1 aromatic heterocycles. The predicted octanol–water partition coefficient (Wildman–Crippen LogP) is 5.07. The quantitative estimate of drug-likeness (QED) is 0.411. The molecule has 4 rings (SSSR count). The van der Waals surface area contributed by atoms with Gasteiger partial charge in [-0.15, -0.1) is 0 Å². The van der Waals surface area contributed by atoms with Crippen molar-refractivity contribution in [2.24, 2.45) is 0 Å². The van der Waals surface area contributed by atoms with E-state index in [9.17, 15) is 4.79 Å². The van der Waals surface area contributed by atoms with Gasteiger partial charge >= 0.3 is 0 Å². The topological polar surface area (TPSA) is 54.9 Å². The van der Waals surface area contributed by atoms with E-state index < -0.39 is 0 Å². The van der Waals surface area contributed by atoms with Gasteiger partial charge in [0.05, 0.1) is 30.0 Å². The Labute approximate surface area is 200 Å². The van der Waals surface area contributed by atoms with E-state index in [1.165, 1.54) is 11.1 Å². The number of aryl methyl sites for hydroxylation is 2. The minimum absolute atomic E-state index is 0.0307. The van der Waals surface area contributed by atoms with E-state index in [-0.39, 0.29) is 5.91 Å². The Morgan fingerprint density at radius 2 is 1.91 bits per heavy atom. The molecule has 33 heavy (non-hydrogen) atoms. The molecule has 7 heteroatoms. The number of fused-ring (bicyclic) bond motifs is 1. The summed E-state index contributed by atoms with van der Waals surface area (Å²) < 4.78 is 12.3. The molecule has 3 aromatic rings. The number of amides is 1. The van der Waals surface area contributed by atoms with Gasteiger partial charge in [0.2, 0.25) is 0 Å². The van der Waals surface area contributed by atoms with E-state index in [1.807, 2.05) is 29.2 Å². The van der Waals surface area contributed by atoms with Crippen LogP contribution in [0.2, 0.25) is 0 Å². The van der Waals surface area contributed by atoms with Crippen LogP contribution in [-0.4, -0.2) is 61.8 Å². The molecule has 0 radical (unpaired) electrons. The molecule has 1 aliphatic rings. The fourth-order valence-electron chi connectivity index (χ4n) is 3.86. The molecule has 2 aromatic carbocycles.